The summed E-state index contributed by atoms with van der Waals surface area (Å²) >= 11 is 0. The van der Waals surface area contributed by atoms with Crippen LogP contribution in [0.15, 0.2) is 30.3 Å². The number of carboxylic acids is 1. The molecule has 1 aliphatic rings. The van der Waals surface area contributed by atoms with Gasteiger partial charge in [0.05, 0.1) is 0 Å². The highest BCUT2D eigenvalue weighted by Crippen LogP contribution is 2.12. The highest BCUT2D eigenvalue weighted by Gasteiger charge is 2.22. The van der Waals surface area contributed by atoms with Gasteiger partial charge in [0.2, 0.25) is 5.91 Å². The van der Waals surface area contributed by atoms with E-state index >= 15 is 0 Å². The molecular formula is C15H17NO4. The SMILES string of the molecule is O=C(O)C=Cc1ccc(CNC(=O)C2CCCO2)cc1. The van der Waals surface area contributed by atoms with Crippen LogP contribution in [0.25, 0.3) is 6.08 Å². The molecule has 0 aromatic heterocycles. The Labute approximate surface area is 117 Å². The molecule has 1 amide bonds. The zero-order valence-electron chi connectivity index (χ0n) is 11.0. The average Bonchev–Trinajstić information content (AvgIpc) is 2.98. The number of carbonyl (C=O) groups excluding carboxylic acids is 1. The Bertz CT molecular complexity index is 501. The molecule has 5 heteroatoms. The summed E-state index contributed by atoms with van der Waals surface area (Å²) in [7, 11) is 0. The molecule has 0 saturated carbocycles. The van der Waals surface area contributed by atoms with E-state index in [9.17, 15) is 9.59 Å². The van der Waals surface area contributed by atoms with Crippen molar-refractivity contribution in [2.75, 3.05) is 6.61 Å². The molecule has 1 aromatic carbocycles. The van der Waals surface area contributed by atoms with E-state index in [-0.39, 0.29) is 12.0 Å². The quantitative estimate of drug-likeness (QED) is 0.800. The van der Waals surface area contributed by atoms with E-state index in [0.717, 1.165) is 30.0 Å². The van der Waals surface area contributed by atoms with E-state index in [1.807, 2.05) is 24.3 Å². The van der Waals surface area contributed by atoms with Crippen LogP contribution >= 0.6 is 0 Å². The van der Waals surface area contributed by atoms with Crippen molar-refractivity contribution in [2.45, 2.75) is 25.5 Å². The average molecular weight is 275 g/mol. The Balaban J connectivity index is 1.84. The number of aliphatic carboxylic acids is 1. The van der Waals surface area contributed by atoms with Crippen LogP contribution in [0.4, 0.5) is 0 Å². The van der Waals surface area contributed by atoms with E-state index in [0.29, 0.717) is 13.2 Å². The summed E-state index contributed by atoms with van der Waals surface area (Å²) in [6, 6.07) is 7.34. The number of carbonyl (C=O) groups is 2. The van der Waals surface area contributed by atoms with Crippen LogP contribution in [0, 0.1) is 0 Å². The highest BCUT2D eigenvalue weighted by molar-refractivity contribution is 5.85. The topological polar surface area (TPSA) is 75.6 Å². The van der Waals surface area contributed by atoms with Crippen molar-refractivity contribution in [1.29, 1.82) is 0 Å². The molecule has 1 saturated heterocycles. The number of hydrogen-bond acceptors (Lipinski definition) is 3. The fourth-order valence-electron chi connectivity index (χ4n) is 2.00. The number of amides is 1. The summed E-state index contributed by atoms with van der Waals surface area (Å²) in [5.41, 5.74) is 1.77. The fourth-order valence-corrected chi connectivity index (χ4v) is 2.00. The lowest BCUT2D eigenvalue weighted by atomic mass is 10.1. The first-order chi connectivity index (χ1) is 9.65. The molecule has 1 heterocycles. The maximum atomic E-state index is 11.8. The van der Waals surface area contributed by atoms with Crippen LogP contribution < -0.4 is 5.32 Å². The summed E-state index contributed by atoms with van der Waals surface area (Å²) in [6.45, 7) is 1.10. The summed E-state index contributed by atoms with van der Waals surface area (Å²) in [4.78, 5) is 22.1. The molecule has 2 rings (SSSR count). The minimum Gasteiger partial charge on any atom is -0.478 e. The zero-order chi connectivity index (χ0) is 14.4. The second-order valence-corrected chi connectivity index (χ2v) is 4.63. The first-order valence-corrected chi connectivity index (χ1v) is 6.54. The number of nitrogens with one attached hydrogen (secondary N) is 1. The molecule has 1 fully saturated rings. The minimum absolute atomic E-state index is 0.0719. The Morgan fingerprint density at radius 3 is 2.70 bits per heavy atom. The standard InChI is InChI=1S/C15H17NO4/c17-14(18)8-7-11-3-5-12(6-4-11)10-16-15(19)13-2-1-9-20-13/h3-8,13H,1-2,9-10H2,(H,16,19)(H,17,18). The lowest BCUT2D eigenvalue weighted by Crippen LogP contribution is -2.33. The molecule has 1 aliphatic heterocycles. The molecule has 106 valence electrons. The summed E-state index contributed by atoms with van der Waals surface area (Å²) in [6.07, 6.45) is 4.02. The van der Waals surface area contributed by atoms with Gasteiger partial charge in [0.1, 0.15) is 6.10 Å². The third-order valence-electron chi connectivity index (χ3n) is 3.09. The fraction of sp³-hybridized carbons (Fsp3) is 0.333. The lowest BCUT2D eigenvalue weighted by Gasteiger charge is -2.10. The first kappa shape index (κ1) is 14.3. The van der Waals surface area contributed by atoms with E-state index in [1.165, 1.54) is 6.08 Å². The Kier molecular flexibility index (Phi) is 4.90. The molecule has 0 bridgehead atoms. The number of hydrogen-bond donors (Lipinski definition) is 2. The molecule has 1 aromatic rings. The molecule has 0 aliphatic carbocycles. The van der Waals surface area contributed by atoms with Crippen LogP contribution in [0.1, 0.15) is 24.0 Å². The molecule has 1 unspecified atom stereocenters. The van der Waals surface area contributed by atoms with Crippen molar-refractivity contribution in [3.63, 3.8) is 0 Å². The molecule has 1 atom stereocenters. The van der Waals surface area contributed by atoms with Crippen LogP contribution in [0.2, 0.25) is 0 Å². The van der Waals surface area contributed by atoms with Gasteiger partial charge in [-0.25, -0.2) is 4.79 Å². The van der Waals surface area contributed by atoms with Gasteiger partial charge < -0.3 is 15.2 Å². The predicted molar refractivity (Wildman–Crippen MR) is 73.9 cm³/mol. The number of benzene rings is 1. The normalized spacial score (nSPS) is 18.3. The first-order valence-electron chi connectivity index (χ1n) is 6.54. The second-order valence-electron chi connectivity index (χ2n) is 4.63. The van der Waals surface area contributed by atoms with Crippen molar-refractivity contribution in [3.05, 3.63) is 41.5 Å². The smallest absolute Gasteiger partial charge is 0.328 e. The largest absolute Gasteiger partial charge is 0.478 e. The Morgan fingerprint density at radius 1 is 1.35 bits per heavy atom. The maximum Gasteiger partial charge on any atom is 0.328 e. The molecule has 0 radical (unpaired) electrons. The number of ether oxygens (including phenoxy) is 1. The van der Waals surface area contributed by atoms with E-state index in [2.05, 4.69) is 5.32 Å². The van der Waals surface area contributed by atoms with Gasteiger partial charge in [-0.2, -0.15) is 0 Å². The maximum absolute atomic E-state index is 11.8. The molecule has 0 spiro atoms. The number of rotatable bonds is 5. The molecule has 5 nitrogen and oxygen atoms in total. The van der Waals surface area contributed by atoms with Crippen LogP contribution in [-0.4, -0.2) is 29.7 Å². The van der Waals surface area contributed by atoms with Gasteiger partial charge in [-0.3, -0.25) is 4.79 Å². The van der Waals surface area contributed by atoms with Gasteiger partial charge in [0.15, 0.2) is 0 Å². The van der Waals surface area contributed by atoms with Crippen molar-refractivity contribution >= 4 is 18.0 Å². The zero-order valence-corrected chi connectivity index (χ0v) is 11.0. The Hall–Kier alpha value is -2.14. The van der Waals surface area contributed by atoms with Gasteiger partial charge in [0.25, 0.3) is 0 Å². The van der Waals surface area contributed by atoms with Gasteiger partial charge in [-0.1, -0.05) is 24.3 Å². The number of carboxylic acid groups (broad SMARTS) is 1. The van der Waals surface area contributed by atoms with E-state index < -0.39 is 5.97 Å². The van der Waals surface area contributed by atoms with Crippen molar-refractivity contribution in [3.8, 4) is 0 Å². The van der Waals surface area contributed by atoms with Gasteiger partial charge >= 0.3 is 5.97 Å². The monoisotopic (exact) mass is 275 g/mol. The predicted octanol–water partition coefficient (Wildman–Crippen LogP) is 1.58. The van der Waals surface area contributed by atoms with Crippen LogP contribution in [0.3, 0.4) is 0 Å². The van der Waals surface area contributed by atoms with E-state index in [1.54, 1.807) is 0 Å². The molecular weight excluding hydrogens is 258 g/mol. The van der Waals surface area contributed by atoms with Gasteiger partial charge in [-0.15, -0.1) is 0 Å². The third kappa shape index (κ3) is 4.20. The minimum atomic E-state index is -0.974. The van der Waals surface area contributed by atoms with Crippen LogP contribution in [0.5, 0.6) is 0 Å². The van der Waals surface area contributed by atoms with Crippen LogP contribution in [-0.2, 0) is 20.9 Å². The summed E-state index contributed by atoms with van der Waals surface area (Å²) in [5, 5.41) is 11.4. The van der Waals surface area contributed by atoms with Gasteiger partial charge in [0, 0.05) is 19.2 Å². The van der Waals surface area contributed by atoms with Crippen molar-refractivity contribution < 1.29 is 19.4 Å². The van der Waals surface area contributed by atoms with Gasteiger partial charge in [-0.05, 0) is 30.0 Å². The van der Waals surface area contributed by atoms with E-state index in [4.69, 9.17) is 9.84 Å². The molecule has 20 heavy (non-hydrogen) atoms. The van der Waals surface area contributed by atoms with Crippen molar-refractivity contribution in [1.82, 2.24) is 5.32 Å². The Morgan fingerprint density at radius 2 is 2.10 bits per heavy atom. The summed E-state index contributed by atoms with van der Waals surface area (Å²) < 4.78 is 5.30. The summed E-state index contributed by atoms with van der Waals surface area (Å²) in [5.74, 6) is -1.05. The molecule has 2 N–H and O–H groups in total. The lowest BCUT2D eigenvalue weighted by molar-refractivity contribution is -0.131. The second kappa shape index (κ2) is 6.86. The van der Waals surface area contributed by atoms with Crippen molar-refractivity contribution in [2.24, 2.45) is 0 Å². The highest BCUT2D eigenvalue weighted by atomic mass is 16.5. The third-order valence-corrected chi connectivity index (χ3v) is 3.09.